The van der Waals surface area contributed by atoms with Gasteiger partial charge in [-0.2, -0.15) is 0 Å². The molecule has 1 saturated carbocycles. The first-order valence-electron chi connectivity index (χ1n) is 5.09. The minimum absolute atomic E-state index is 0.660. The number of nitrogens with zero attached hydrogens (tertiary/aromatic N) is 1. The molecule has 76 valence electrons. The molecular weight excluding hydrogens is 240 g/mol. The van der Waals surface area contributed by atoms with Crippen molar-refractivity contribution in [1.29, 1.82) is 0 Å². The largest absolute Gasteiger partial charge is 0.367 e. The molecular formula is C11H15BrN2. The van der Waals surface area contributed by atoms with E-state index >= 15 is 0 Å². The number of hydrogen-bond donors (Lipinski definition) is 1. The third-order valence-corrected chi connectivity index (χ3v) is 3.66. The van der Waals surface area contributed by atoms with Crippen LogP contribution < -0.4 is 5.32 Å². The standard InChI is InChI=1S/C11H15BrN2/c1-3-8-5-10(8)14-11-4-7(2)9(12)6-13-11/h4,6,8,10H,3,5H2,1-2H3,(H,13,14). The molecule has 2 nitrogen and oxygen atoms in total. The lowest BCUT2D eigenvalue weighted by molar-refractivity contribution is 0.773. The molecule has 1 aromatic heterocycles. The lowest BCUT2D eigenvalue weighted by Crippen LogP contribution is -2.05. The summed E-state index contributed by atoms with van der Waals surface area (Å²) >= 11 is 3.45. The zero-order chi connectivity index (χ0) is 10.1. The third kappa shape index (κ3) is 2.08. The second-order valence-corrected chi connectivity index (χ2v) is 4.83. The van der Waals surface area contributed by atoms with Gasteiger partial charge in [0, 0.05) is 16.7 Å². The fourth-order valence-corrected chi connectivity index (χ4v) is 1.90. The quantitative estimate of drug-likeness (QED) is 0.895. The Morgan fingerprint density at radius 2 is 2.43 bits per heavy atom. The molecule has 3 heteroatoms. The lowest BCUT2D eigenvalue weighted by Gasteiger charge is -2.06. The third-order valence-electron chi connectivity index (χ3n) is 2.83. The van der Waals surface area contributed by atoms with Crippen LogP contribution in [0.4, 0.5) is 5.82 Å². The van der Waals surface area contributed by atoms with Crippen molar-refractivity contribution in [2.24, 2.45) is 5.92 Å². The van der Waals surface area contributed by atoms with E-state index in [0.717, 1.165) is 16.2 Å². The molecule has 0 bridgehead atoms. The predicted molar refractivity (Wildman–Crippen MR) is 62.5 cm³/mol. The summed E-state index contributed by atoms with van der Waals surface area (Å²) in [4.78, 5) is 4.33. The molecule has 0 saturated heterocycles. The van der Waals surface area contributed by atoms with Crippen LogP contribution in [0.1, 0.15) is 25.3 Å². The average Bonchev–Trinajstić information content (AvgIpc) is 2.90. The Morgan fingerprint density at radius 3 is 3.00 bits per heavy atom. The van der Waals surface area contributed by atoms with Crippen molar-refractivity contribution < 1.29 is 0 Å². The summed E-state index contributed by atoms with van der Waals surface area (Å²) in [5.74, 6) is 1.87. The minimum Gasteiger partial charge on any atom is -0.367 e. The van der Waals surface area contributed by atoms with Crippen LogP contribution in [0.3, 0.4) is 0 Å². The van der Waals surface area contributed by atoms with Crippen molar-refractivity contribution in [3.05, 3.63) is 22.3 Å². The molecule has 1 fully saturated rings. The Balaban J connectivity index is 2.00. The Kier molecular flexibility index (Phi) is 2.77. The summed E-state index contributed by atoms with van der Waals surface area (Å²) in [5.41, 5.74) is 1.23. The van der Waals surface area contributed by atoms with Gasteiger partial charge >= 0.3 is 0 Å². The van der Waals surface area contributed by atoms with Crippen LogP contribution in [-0.4, -0.2) is 11.0 Å². The SMILES string of the molecule is CCC1CC1Nc1cc(C)c(Br)cn1. The first kappa shape index (κ1) is 9.97. The normalized spacial score (nSPS) is 24.8. The van der Waals surface area contributed by atoms with Gasteiger partial charge in [-0.15, -0.1) is 0 Å². The maximum absolute atomic E-state index is 4.33. The average molecular weight is 255 g/mol. The summed E-state index contributed by atoms with van der Waals surface area (Å²) in [6, 6.07) is 2.75. The fourth-order valence-electron chi connectivity index (χ4n) is 1.68. The number of halogens is 1. The highest BCUT2D eigenvalue weighted by molar-refractivity contribution is 9.10. The molecule has 2 atom stereocenters. The van der Waals surface area contributed by atoms with E-state index in [1.807, 2.05) is 6.20 Å². The number of pyridine rings is 1. The Hall–Kier alpha value is -0.570. The zero-order valence-electron chi connectivity index (χ0n) is 8.55. The molecule has 0 amide bonds. The van der Waals surface area contributed by atoms with Crippen LogP contribution in [0.25, 0.3) is 0 Å². The summed E-state index contributed by atoms with van der Waals surface area (Å²) in [7, 11) is 0. The molecule has 2 rings (SSSR count). The first-order chi connectivity index (χ1) is 6.70. The van der Waals surface area contributed by atoms with Crippen LogP contribution in [0.5, 0.6) is 0 Å². The number of nitrogens with one attached hydrogen (secondary N) is 1. The zero-order valence-corrected chi connectivity index (χ0v) is 10.1. The van der Waals surface area contributed by atoms with Gasteiger partial charge in [-0.05, 0) is 46.8 Å². The van der Waals surface area contributed by atoms with Gasteiger partial charge in [-0.1, -0.05) is 13.3 Å². The van der Waals surface area contributed by atoms with Crippen LogP contribution >= 0.6 is 15.9 Å². The minimum atomic E-state index is 0.660. The number of rotatable bonds is 3. The van der Waals surface area contributed by atoms with Crippen LogP contribution in [-0.2, 0) is 0 Å². The van der Waals surface area contributed by atoms with Crippen molar-refractivity contribution in [1.82, 2.24) is 4.98 Å². The molecule has 0 radical (unpaired) electrons. The molecule has 2 unspecified atom stereocenters. The smallest absolute Gasteiger partial charge is 0.126 e. The molecule has 1 N–H and O–H groups in total. The first-order valence-corrected chi connectivity index (χ1v) is 5.88. The van der Waals surface area contributed by atoms with Crippen LogP contribution in [0.15, 0.2) is 16.7 Å². The second-order valence-electron chi connectivity index (χ2n) is 3.97. The van der Waals surface area contributed by atoms with Crippen molar-refractivity contribution in [2.75, 3.05) is 5.32 Å². The molecule has 1 heterocycles. The van der Waals surface area contributed by atoms with Gasteiger partial charge in [-0.25, -0.2) is 4.98 Å². The molecule has 14 heavy (non-hydrogen) atoms. The summed E-state index contributed by atoms with van der Waals surface area (Å²) in [5, 5.41) is 3.45. The van der Waals surface area contributed by atoms with E-state index in [4.69, 9.17) is 0 Å². The molecule has 0 aliphatic heterocycles. The Labute approximate surface area is 93.3 Å². The maximum atomic E-state index is 4.33. The molecule has 1 aliphatic carbocycles. The van der Waals surface area contributed by atoms with Gasteiger partial charge in [0.1, 0.15) is 5.82 Å². The van der Waals surface area contributed by atoms with E-state index < -0.39 is 0 Å². The van der Waals surface area contributed by atoms with Gasteiger partial charge < -0.3 is 5.32 Å². The molecule has 0 aromatic carbocycles. The van der Waals surface area contributed by atoms with E-state index in [1.54, 1.807) is 0 Å². The highest BCUT2D eigenvalue weighted by atomic mass is 79.9. The monoisotopic (exact) mass is 254 g/mol. The highest BCUT2D eigenvalue weighted by Gasteiger charge is 2.35. The highest BCUT2D eigenvalue weighted by Crippen LogP contribution is 2.35. The van der Waals surface area contributed by atoms with E-state index in [9.17, 15) is 0 Å². The topological polar surface area (TPSA) is 24.9 Å². The summed E-state index contributed by atoms with van der Waals surface area (Å²) < 4.78 is 1.07. The fraction of sp³-hybridized carbons (Fsp3) is 0.545. The second kappa shape index (κ2) is 3.89. The van der Waals surface area contributed by atoms with Gasteiger partial charge in [-0.3, -0.25) is 0 Å². The van der Waals surface area contributed by atoms with Gasteiger partial charge in [0.05, 0.1) is 0 Å². The Bertz CT molecular complexity index is 338. The van der Waals surface area contributed by atoms with Crippen molar-refractivity contribution in [3.8, 4) is 0 Å². The summed E-state index contributed by atoms with van der Waals surface area (Å²) in [6.07, 6.45) is 4.43. The van der Waals surface area contributed by atoms with Gasteiger partial charge in [0.25, 0.3) is 0 Å². The predicted octanol–water partition coefficient (Wildman–Crippen LogP) is 3.36. The lowest BCUT2D eigenvalue weighted by atomic mass is 10.3. The Morgan fingerprint density at radius 1 is 1.64 bits per heavy atom. The van der Waals surface area contributed by atoms with Crippen molar-refractivity contribution >= 4 is 21.7 Å². The van der Waals surface area contributed by atoms with E-state index in [0.29, 0.717) is 6.04 Å². The number of hydrogen-bond acceptors (Lipinski definition) is 2. The van der Waals surface area contributed by atoms with Crippen LogP contribution in [0, 0.1) is 12.8 Å². The van der Waals surface area contributed by atoms with Crippen molar-refractivity contribution in [3.63, 3.8) is 0 Å². The van der Waals surface area contributed by atoms with Gasteiger partial charge in [0.2, 0.25) is 0 Å². The summed E-state index contributed by atoms with van der Waals surface area (Å²) in [6.45, 7) is 4.33. The van der Waals surface area contributed by atoms with Crippen molar-refractivity contribution in [2.45, 2.75) is 32.7 Å². The molecule has 0 spiro atoms. The van der Waals surface area contributed by atoms with E-state index in [1.165, 1.54) is 18.4 Å². The number of aromatic nitrogens is 1. The maximum Gasteiger partial charge on any atom is 0.126 e. The molecule has 1 aliphatic rings. The van der Waals surface area contributed by atoms with Crippen LogP contribution in [0.2, 0.25) is 0 Å². The van der Waals surface area contributed by atoms with Gasteiger partial charge in [0.15, 0.2) is 0 Å². The molecule has 1 aromatic rings. The number of aryl methyl sites for hydroxylation is 1. The van der Waals surface area contributed by atoms with E-state index in [-0.39, 0.29) is 0 Å². The number of anilines is 1. The van der Waals surface area contributed by atoms with E-state index in [2.05, 4.69) is 46.1 Å².